The number of aryl methyl sites for hydroxylation is 1. The lowest BCUT2D eigenvalue weighted by molar-refractivity contribution is 0.418. The van der Waals surface area contributed by atoms with Gasteiger partial charge in [0.25, 0.3) is 0 Å². The molecule has 2 rings (SSSR count). The summed E-state index contributed by atoms with van der Waals surface area (Å²) in [5.74, 6) is 1.47. The van der Waals surface area contributed by atoms with E-state index in [1.165, 1.54) is 12.1 Å². The minimum absolute atomic E-state index is 0.689. The first kappa shape index (κ1) is 7.65. The highest BCUT2D eigenvalue weighted by Crippen LogP contribution is 2.24. The largest absolute Gasteiger partial charge is 0.369 e. The molecular formula is C9H15N3. The van der Waals surface area contributed by atoms with Crippen molar-refractivity contribution in [3.05, 3.63) is 11.4 Å². The number of nitrogens with zero attached hydrogens (tertiary/aromatic N) is 2. The van der Waals surface area contributed by atoms with E-state index in [9.17, 15) is 0 Å². The van der Waals surface area contributed by atoms with E-state index in [1.807, 2.05) is 6.92 Å². The minimum Gasteiger partial charge on any atom is -0.369 e. The van der Waals surface area contributed by atoms with Crippen molar-refractivity contribution in [1.29, 1.82) is 0 Å². The van der Waals surface area contributed by atoms with Gasteiger partial charge in [0.2, 0.25) is 5.95 Å². The predicted molar refractivity (Wildman–Crippen MR) is 48.9 cm³/mol. The summed E-state index contributed by atoms with van der Waals surface area (Å²) in [4.78, 5) is 4.27. The fourth-order valence-corrected chi connectivity index (χ4v) is 1.92. The zero-order chi connectivity index (χ0) is 8.72. The van der Waals surface area contributed by atoms with E-state index in [2.05, 4.69) is 16.5 Å². The summed E-state index contributed by atoms with van der Waals surface area (Å²) in [5, 5.41) is 0. The third-order valence-corrected chi connectivity index (χ3v) is 2.69. The quantitative estimate of drug-likeness (QED) is 0.630. The Labute approximate surface area is 72.6 Å². The first-order valence-corrected chi connectivity index (χ1v) is 4.50. The van der Waals surface area contributed by atoms with E-state index in [4.69, 9.17) is 5.73 Å². The van der Waals surface area contributed by atoms with Crippen molar-refractivity contribution < 1.29 is 0 Å². The molecule has 1 aromatic heterocycles. The second-order valence-corrected chi connectivity index (χ2v) is 3.75. The number of rotatable bonds is 0. The highest BCUT2D eigenvalue weighted by molar-refractivity contribution is 5.29. The van der Waals surface area contributed by atoms with Crippen LogP contribution in [0.5, 0.6) is 0 Å². The molecule has 2 N–H and O–H groups in total. The van der Waals surface area contributed by atoms with Crippen LogP contribution in [-0.2, 0) is 13.0 Å². The molecule has 0 aliphatic carbocycles. The third kappa shape index (κ3) is 1.00. The molecule has 0 aromatic carbocycles. The average molecular weight is 165 g/mol. The number of hydrogen-bond acceptors (Lipinski definition) is 2. The molecule has 1 aromatic rings. The highest BCUT2D eigenvalue weighted by atomic mass is 15.2. The van der Waals surface area contributed by atoms with Gasteiger partial charge in [0, 0.05) is 12.2 Å². The van der Waals surface area contributed by atoms with Crippen LogP contribution in [-0.4, -0.2) is 9.55 Å². The Kier molecular flexibility index (Phi) is 1.60. The van der Waals surface area contributed by atoms with Gasteiger partial charge < -0.3 is 10.3 Å². The molecule has 2 heterocycles. The minimum atomic E-state index is 0.689. The molecule has 1 aliphatic heterocycles. The van der Waals surface area contributed by atoms with Crippen LogP contribution in [0.4, 0.5) is 5.95 Å². The van der Waals surface area contributed by atoms with Gasteiger partial charge >= 0.3 is 0 Å². The van der Waals surface area contributed by atoms with Crippen LogP contribution < -0.4 is 5.73 Å². The molecule has 1 aliphatic rings. The van der Waals surface area contributed by atoms with Gasteiger partial charge in [-0.15, -0.1) is 0 Å². The molecule has 66 valence electrons. The number of nitrogens with two attached hydrogens (primary N) is 1. The normalized spacial score (nSPS) is 22.3. The van der Waals surface area contributed by atoms with Crippen LogP contribution in [0.2, 0.25) is 0 Å². The van der Waals surface area contributed by atoms with E-state index < -0.39 is 0 Å². The lowest BCUT2D eigenvalue weighted by atomic mass is 9.97. The fourth-order valence-electron chi connectivity index (χ4n) is 1.92. The van der Waals surface area contributed by atoms with Gasteiger partial charge in [0.15, 0.2) is 0 Å². The summed E-state index contributed by atoms with van der Waals surface area (Å²) < 4.78 is 2.15. The number of nitrogen functional groups attached to an aromatic ring is 1. The molecule has 3 heteroatoms. The van der Waals surface area contributed by atoms with Crippen LogP contribution in [0.3, 0.4) is 0 Å². The Morgan fingerprint density at radius 3 is 3.08 bits per heavy atom. The molecule has 12 heavy (non-hydrogen) atoms. The van der Waals surface area contributed by atoms with Gasteiger partial charge in [-0.2, -0.15) is 0 Å². The lowest BCUT2D eigenvalue weighted by Gasteiger charge is -2.21. The maximum Gasteiger partial charge on any atom is 0.200 e. The van der Waals surface area contributed by atoms with Crippen molar-refractivity contribution in [3.8, 4) is 0 Å². The van der Waals surface area contributed by atoms with Gasteiger partial charge in [0.1, 0.15) is 0 Å². The SMILES string of the molecule is Cc1nc(N)n2c1CC(C)CC2. The molecule has 0 radical (unpaired) electrons. The topological polar surface area (TPSA) is 43.8 Å². The van der Waals surface area contributed by atoms with E-state index >= 15 is 0 Å². The Bertz CT molecular complexity index is 301. The zero-order valence-electron chi connectivity index (χ0n) is 7.67. The van der Waals surface area contributed by atoms with Crippen LogP contribution >= 0.6 is 0 Å². The van der Waals surface area contributed by atoms with Gasteiger partial charge in [-0.05, 0) is 25.7 Å². The van der Waals surface area contributed by atoms with Gasteiger partial charge in [-0.25, -0.2) is 4.98 Å². The van der Waals surface area contributed by atoms with Crippen LogP contribution in [0, 0.1) is 12.8 Å². The van der Waals surface area contributed by atoms with Crippen molar-refractivity contribution in [2.75, 3.05) is 5.73 Å². The fraction of sp³-hybridized carbons (Fsp3) is 0.667. The highest BCUT2D eigenvalue weighted by Gasteiger charge is 2.19. The Hall–Kier alpha value is -0.990. The molecule has 0 bridgehead atoms. The van der Waals surface area contributed by atoms with Gasteiger partial charge in [-0.1, -0.05) is 6.92 Å². The summed E-state index contributed by atoms with van der Waals surface area (Å²) in [6.45, 7) is 5.37. The van der Waals surface area contributed by atoms with E-state index in [0.29, 0.717) is 5.95 Å². The first-order valence-electron chi connectivity index (χ1n) is 4.50. The molecule has 3 nitrogen and oxygen atoms in total. The Morgan fingerprint density at radius 1 is 1.58 bits per heavy atom. The second kappa shape index (κ2) is 2.51. The van der Waals surface area contributed by atoms with Gasteiger partial charge in [-0.3, -0.25) is 0 Å². The third-order valence-electron chi connectivity index (χ3n) is 2.69. The van der Waals surface area contributed by atoms with Crippen LogP contribution in [0.25, 0.3) is 0 Å². The maximum atomic E-state index is 5.76. The van der Waals surface area contributed by atoms with Crippen molar-refractivity contribution in [2.24, 2.45) is 5.92 Å². The number of fused-ring (bicyclic) bond motifs is 1. The zero-order valence-corrected chi connectivity index (χ0v) is 7.67. The molecule has 0 amide bonds. The van der Waals surface area contributed by atoms with E-state index in [0.717, 1.165) is 24.6 Å². The van der Waals surface area contributed by atoms with E-state index in [-0.39, 0.29) is 0 Å². The number of imidazole rings is 1. The summed E-state index contributed by atoms with van der Waals surface area (Å²) in [5.41, 5.74) is 8.21. The molecule has 0 saturated heterocycles. The number of hydrogen-bond donors (Lipinski definition) is 1. The first-order chi connectivity index (χ1) is 5.68. The smallest absolute Gasteiger partial charge is 0.200 e. The standard InChI is InChI=1S/C9H15N3/c1-6-3-4-12-8(5-6)7(2)11-9(12)10/h6H,3-5H2,1-2H3,(H2,10,11). The maximum absolute atomic E-state index is 5.76. The predicted octanol–water partition coefficient (Wildman–Crippen LogP) is 1.36. The van der Waals surface area contributed by atoms with Crippen LogP contribution in [0.15, 0.2) is 0 Å². The average Bonchev–Trinajstić information content (AvgIpc) is 2.28. The summed E-state index contributed by atoms with van der Waals surface area (Å²) in [7, 11) is 0. The van der Waals surface area contributed by atoms with Crippen molar-refractivity contribution >= 4 is 5.95 Å². The molecule has 0 spiro atoms. The van der Waals surface area contributed by atoms with Crippen LogP contribution in [0.1, 0.15) is 24.7 Å². The molecular weight excluding hydrogens is 150 g/mol. The summed E-state index contributed by atoms with van der Waals surface area (Å²) in [6, 6.07) is 0. The molecule has 1 unspecified atom stereocenters. The molecule has 0 fully saturated rings. The monoisotopic (exact) mass is 165 g/mol. The Morgan fingerprint density at radius 2 is 2.33 bits per heavy atom. The summed E-state index contributed by atoms with van der Waals surface area (Å²) in [6.07, 6.45) is 2.36. The second-order valence-electron chi connectivity index (χ2n) is 3.75. The lowest BCUT2D eigenvalue weighted by Crippen LogP contribution is -2.18. The molecule has 0 saturated carbocycles. The molecule has 1 atom stereocenters. The number of aromatic nitrogens is 2. The van der Waals surface area contributed by atoms with E-state index in [1.54, 1.807) is 0 Å². The van der Waals surface area contributed by atoms with Crippen molar-refractivity contribution in [3.63, 3.8) is 0 Å². The number of anilines is 1. The van der Waals surface area contributed by atoms with Gasteiger partial charge in [0.05, 0.1) is 5.69 Å². The Balaban J connectivity index is 2.45. The summed E-state index contributed by atoms with van der Waals surface area (Å²) >= 11 is 0. The van der Waals surface area contributed by atoms with Crippen molar-refractivity contribution in [1.82, 2.24) is 9.55 Å². The van der Waals surface area contributed by atoms with Crippen molar-refractivity contribution in [2.45, 2.75) is 33.2 Å².